The highest BCUT2D eigenvalue weighted by molar-refractivity contribution is 6.68. The minimum Gasteiger partial charge on any atom is -0.453 e. The van der Waals surface area contributed by atoms with E-state index in [-0.39, 0.29) is 0 Å². The summed E-state index contributed by atoms with van der Waals surface area (Å²) in [6, 6.07) is 0. The third kappa shape index (κ3) is 3.99. The number of hydrogen-bond donors (Lipinski definition) is 0. The van der Waals surface area contributed by atoms with Gasteiger partial charge in [0.15, 0.2) is 21.4 Å². The summed E-state index contributed by atoms with van der Waals surface area (Å²) in [6.45, 7) is 3.75. The molecule has 0 aliphatic carbocycles. The van der Waals surface area contributed by atoms with Gasteiger partial charge >= 0.3 is 9.04 Å². The van der Waals surface area contributed by atoms with Crippen LogP contribution < -0.4 is 0 Å². The zero-order chi connectivity index (χ0) is 14.0. The largest absolute Gasteiger partial charge is 0.453 e. The Morgan fingerprint density at radius 1 is 0.882 bits per heavy atom. The van der Waals surface area contributed by atoms with Crippen molar-refractivity contribution in [1.29, 1.82) is 0 Å². The molecule has 0 radical (unpaired) electrons. The summed E-state index contributed by atoms with van der Waals surface area (Å²) in [6.07, 6.45) is -5.56. The standard InChI is InChI=1S/C8H16F6OSi2/c1-5(9)7(11,12)17(15-16(3)4)8(13,14)6(2)10/h5-6,16-17H,1-4H3. The lowest BCUT2D eigenvalue weighted by Gasteiger charge is -2.34. The van der Waals surface area contributed by atoms with Gasteiger partial charge in [-0.2, -0.15) is 0 Å². The maximum absolute atomic E-state index is 13.4. The van der Waals surface area contributed by atoms with Crippen molar-refractivity contribution >= 4 is 18.1 Å². The topological polar surface area (TPSA) is 9.23 Å². The van der Waals surface area contributed by atoms with Crippen LogP contribution in [0.3, 0.4) is 0 Å². The summed E-state index contributed by atoms with van der Waals surface area (Å²) < 4.78 is 83.5. The molecule has 0 aromatic heterocycles. The van der Waals surface area contributed by atoms with Gasteiger partial charge in [0.05, 0.1) is 0 Å². The fourth-order valence-corrected chi connectivity index (χ4v) is 6.10. The fraction of sp³-hybridized carbons (Fsp3) is 1.00. The van der Waals surface area contributed by atoms with E-state index in [1.54, 1.807) is 0 Å². The van der Waals surface area contributed by atoms with Gasteiger partial charge in [0.2, 0.25) is 0 Å². The number of hydrogen-bond acceptors (Lipinski definition) is 1. The maximum Gasteiger partial charge on any atom is 0.330 e. The molecule has 0 heterocycles. The first-order chi connectivity index (χ1) is 7.44. The lowest BCUT2D eigenvalue weighted by Crippen LogP contribution is -2.61. The Kier molecular flexibility index (Phi) is 5.73. The Bertz CT molecular complexity index is 226. The van der Waals surface area contributed by atoms with Gasteiger partial charge in [0.1, 0.15) is 0 Å². The Hall–Kier alpha value is -0.0262. The van der Waals surface area contributed by atoms with E-state index in [1.165, 1.54) is 13.1 Å². The average molecular weight is 298 g/mol. The van der Waals surface area contributed by atoms with Crippen LogP contribution in [0.25, 0.3) is 0 Å². The number of halogens is 6. The second-order valence-corrected chi connectivity index (χ2v) is 9.63. The molecule has 0 saturated carbocycles. The van der Waals surface area contributed by atoms with Crippen LogP contribution in [0.2, 0.25) is 13.1 Å². The van der Waals surface area contributed by atoms with E-state index in [0.717, 1.165) is 0 Å². The summed E-state index contributed by atoms with van der Waals surface area (Å²) in [5.74, 6) is 0. The van der Waals surface area contributed by atoms with Crippen molar-refractivity contribution < 1.29 is 30.5 Å². The first kappa shape index (κ1) is 17.0. The molecule has 0 aromatic carbocycles. The molecule has 0 aliphatic heterocycles. The minimum atomic E-state index is -4.68. The predicted octanol–water partition coefficient (Wildman–Crippen LogP) is 2.78. The Morgan fingerprint density at radius 3 is 1.35 bits per heavy atom. The molecule has 17 heavy (non-hydrogen) atoms. The van der Waals surface area contributed by atoms with Crippen molar-refractivity contribution in [3.05, 3.63) is 0 Å². The highest BCUT2D eigenvalue weighted by Gasteiger charge is 2.63. The molecule has 1 nitrogen and oxygen atoms in total. The van der Waals surface area contributed by atoms with Crippen LogP contribution in [0.4, 0.5) is 26.3 Å². The van der Waals surface area contributed by atoms with Crippen molar-refractivity contribution in [3.8, 4) is 0 Å². The zero-order valence-electron chi connectivity index (χ0n) is 9.99. The van der Waals surface area contributed by atoms with Crippen molar-refractivity contribution in [2.45, 2.75) is 50.4 Å². The van der Waals surface area contributed by atoms with Crippen molar-refractivity contribution in [2.24, 2.45) is 0 Å². The van der Waals surface area contributed by atoms with Gasteiger partial charge in [0, 0.05) is 0 Å². The van der Waals surface area contributed by atoms with Crippen LogP contribution >= 0.6 is 0 Å². The Morgan fingerprint density at radius 2 is 1.18 bits per heavy atom. The quantitative estimate of drug-likeness (QED) is 0.541. The summed E-state index contributed by atoms with van der Waals surface area (Å²) in [4.78, 5) is 0. The Labute approximate surface area is 99.6 Å². The summed E-state index contributed by atoms with van der Waals surface area (Å²) in [7, 11) is -6.92. The molecule has 0 aliphatic rings. The lowest BCUT2D eigenvalue weighted by atomic mass is 10.4. The van der Waals surface area contributed by atoms with Gasteiger partial charge in [-0.1, -0.05) is 0 Å². The van der Waals surface area contributed by atoms with Crippen LogP contribution in [0.15, 0.2) is 0 Å². The average Bonchev–Trinajstić information content (AvgIpc) is 2.12. The minimum absolute atomic E-state index is 0.476. The van der Waals surface area contributed by atoms with E-state index in [1.807, 2.05) is 0 Å². The number of alkyl halides is 6. The van der Waals surface area contributed by atoms with Gasteiger partial charge in [-0.3, -0.25) is 0 Å². The molecule has 2 unspecified atom stereocenters. The predicted molar refractivity (Wildman–Crippen MR) is 58.1 cm³/mol. The normalized spacial score (nSPS) is 19.2. The molecule has 9 heteroatoms. The van der Waals surface area contributed by atoms with Crippen molar-refractivity contribution in [1.82, 2.24) is 0 Å². The van der Waals surface area contributed by atoms with Crippen LogP contribution in [0, 0.1) is 0 Å². The third-order valence-corrected chi connectivity index (χ3v) is 7.75. The summed E-state index contributed by atoms with van der Waals surface area (Å²) in [5, 5.41) is 0. The van der Waals surface area contributed by atoms with E-state index >= 15 is 0 Å². The monoisotopic (exact) mass is 298 g/mol. The van der Waals surface area contributed by atoms with Crippen LogP contribution in [-0.2, 0) is 4.12 Å². The van der Waals surface area contributed by atoms with Gasteiger partial charge in [0.25, 0.3) is 11.1 Å². The second-order valence-electron chi connectivity index (χ2n) is 4.15. The van der Waals surface area contributed by atoms with Gasteiger partial charge in [-0.25, -0.2) is 26.3 Å². The zero-order valence-corrected chi connectivity index (χ0v) is 12.3. The van der Waals surface area contributed by atoms with E-state index in [2.05, 4.69) is 4.12 Å². The molecule has 0 amide bonds. The first-order valence-electron chi connectivity index (χ1n) is 5.13. The van der Waals surface area contributed by atoms with E-state index in [9.17, 15) is 26.3 Å². The first-order valence-corrected chi connectivity index (χ1v) is 9.53. The Balaban J connectivity index is 5.28. The molecule has 2 atom stereocenters. The molecule has 0 rings (SSSR count). The number of rotatable bonds is 6. The molecule has 0 aromatic rings. The molecule has 104 valence electrons. The molecular formula is C8H16F6OSi2. The SMILES string of the molecule is CC(F)C(F)(F)[SiH](O[SiH](C)C)C(F)(F)C(C)F. The molecule has 0 saturated heterocycles. The molecule has 0 bridgehead atoms. The summed E-state index contributed by atoms with van der Waals surface area (Å²) in [5.41, 5.74) is -8.58. The van der Waals surface area contributed by atoms with Gasteiger partial charge in [-0.15, -0.1) is 0 Å². The molecule has 0 N–H and O–H groups in total. The van der Waals surface area contributed by atoms with Crippen LogP contribution in [-0.4, -0.2) is 41.5 Å². The smallest absolute Gasteiger partial charge is 0.330 e. The van der Waals surface area contributed by atoms with E-state index in [0.29, 0.717) is 13.8 Å². The van der Waals surface area contributed by atoms with Gasteiger partial charge < -0.3 is 4.12 Å². The highest BCUT2D eigenvalue weighted by Crippen LogP contribution is 2.37. The lowest BCUT2D eigenvalue weighted by molar-refractivity contribution is -0.0556. The second kappa shape index (κ2) is 5.74. The molecule has 0 fully saturated rings. The molecular weight excluding hydrogens is 282 g/mol. The van der Waals surface area contributed by atoms with Gasteiger partial charge in [-0.05, 0) is 26.9 Å². The summed E-state index contributed by atoms with van der Waals surface area (Å²) >= 11 is 0. The van der Waals surface area contributed by atoms with E-state index in [4.69, 9.17) is 0 Å². The fourth-order valence-electron chi connectivity index (χ4n) is 1.13. The molecule has 0 spiro atoms. The van der Waals surface area contributed by atoms with Crippen LogP contribution in [0.1, 0.15) is 13.8 Å². The third-order valence-electron chi connectivity index (χ3n) is 2.17. The van der Waals surface area contributed by atoms with E-state index < -0.39 is 41.5 Å². The highest BCUT2D eigenvalue weighted by atomic mass is 28.4. The van der Waals surface area contributed by atoms with Crippen molar-refractivity contribution in [3.63, 3.8) is 0 Å². The maximum atomic E-state index is 13.4. The van der Waals surface area contributed by atoms with Crippen LogP contribution in [0.5, 0.6) is 0 Å². The van der Waals surface area contributed by atoms with Crippen molar-refractivity contribution in [2.75, 3.05) is 0 Å².